The zero-order valence-corrected chi connectivity index (χ0v) is 19.0. The summed E-state index contributed by atoms with van der Waals surface area (Å²) >= 11 is 0. The number of aromatic nitrogens is 2. The molecule has 7 heteroatoms. The lowest BCUT2D eigenvalue weighted by molar-refractivity contribution is 0.0351. The van der Waals surface area contributed by atoms with Crippen molar-refractivity contribution in [2.24, 2.45) is 10.7 Å². The molecule has 1 fully saturated rings. The molecule has 4 rings (SSSR count). The third-order valence-corrected chi connectivity index (χ3v) is 5.94. The van der Waals surface area contributed by atoms with Gasteiger partial charge >= 0.3 is 0 Å². The van der Waals surface area contributed by atoms with E-state index in [1.54, 1.807) is 17.0 Å². The number of hydrogen-bond donors (Lipinski definition) is 2. The van der Waals surface area contributed by atoms with Gasteiger partial charge in [-0.05, 0) is 74.9 Å². The molecule has 1 aromatic heterocycles. The maximum Gasteiger partial charge on any atom is 0.209 e. The molecule has 0 amide bonds. The topological polar surface area (TPSA) is 96.7 Å². The Balaban J connectivity index is 1.67. The van der Waals surface area contributed by atoms with Gasteiger partial charge in [-0.2, -0.15) is 5.10 Å². The van der Waals surface area contributed by atoms with Gasteiger partial charge in [0.2, 0.25) is 5.43 Å². The maximum absolute atomic E-state index is 12.6. The van der Waals surface area contributed by atoms with Gasteiger partial charge in [-0.3, -0.25) is 4.79 Å². The van der Waals surface area contributed by atoms with Crippen molar-refractivity contribution in [1.29, 1.82) is 0 Å². The SMILES string of the molecule is Cc1cc(N2CCC(C)(O)CC2)ccc1-n1ccc(=O)c(C(C=CN)=Nc2ccccc2)n1. The maximum atomic E-state index is 12.6. The van der Waals surface area contributed by atoms with E-state index in [1.165, 1.54) is 12.3 Å². The van der Waals surface area contributed by atoms with Crippen LogP contribution in [-0.2, 0) is 0 Å². The number of anilines is 1. The first-order valence-electron chi connectivity index (χ1n) is 11.1. The van der Waals surface area contributed by atoms with Crippen molar-refractivity contribution >= 4 is 17.1 Å². The first-order valence-corrected chi connectivity index (χ1v) is 11.1. The number of nitrogens with two attached hydrogens (primary N) is 1. The summed E-state index contributed by atoms with van der Waals surface area (Å²) in [6.45, 7) is 5.55. The third kappa shape index (κ3) is 5.21. The van der Waals surface area contributed by atoms with Crippen LogP contribution in [0.25, 0.3) is 5.69 Å². The quantitative estimate of drug-likeness (QED) is 0.589. The van der Waals surface area contributed by atoms with E-state index < -0.39 is 5.60 Å². The number of aryl methyl sites for hydroxylation is 1. The number of piperidine rings is 1. The fourth-order valence-corrected chi connectivity index (χ4v) is 3.96. The highest BCUT2D eigenvalue weighted by Crippen LogP contribution is 2.28. The fraction of sp³-hybridized carbons (Fsp3) is 0.269. The molecule has 0 radical (unpaired) electrons. The van der Waals surface area contributed by atoms with E-state index >= 15 is 0 Å². The molecule has 1 aliphatic rings. The van der Waals surface area contributed by atoms with Gasteiger partial charge in [-0.15, -0.1) is 0 Å². The molecule has 170 valence electrons. The summed E-state index contributed by atoms with van der Waals surface area (Å²) in [6.07, 6.45) is 6.10. The Labute approximate surface area is 193 Å². The van der Waals surface area contributed by atoms with E-state index in [2.05, 4.69) is 27.1 Å². The van der Waals surface area contributed by atoms with Crippen LogP contribution in [0.2, 0.25) is 0 Å². The van der Waals surface area contributed by atoms with Crippen LogP contribution in [0, 0.1) is 6.92 Å². The molecule has 0 saturated carbocycles. The molecule has 2 heterocycles. The standard InChI is InChI=1S/C26H29N5O2/c1-19-18-21(30-16-12-26(2,33)13-17-30)8-9-23(19)31-15-11-24(32)25(29-31)22(10-14-27)28-20-6-4-3-5-7-20/h3-11,14-15,18,33H,12-13,16-17,27H2,1-2H3. The predicted molar refractivity (Wildman–Crippen MR) is 133 cm³/mol. The van der Waals surface area contributed by atoms with Crippen LogP contribution < -0.4 is 16.1 Å². The Kier molecular flexibility index (Phi) is 6.42. The summed E-state index contributed by atoms with van der Waals surface area (Å²) in [4.78, 5) is 19.5. The number of aliphatic hydroxyl groups is 1. The van der Waals surface area contributed by atoms with Crippen molar-refractivity contribution in [2.75, 3.05) is 18.0 Å². The molecular weight excluding hydrogens is 414 g/mol. The van der Waals surface area contributed by atoms with E-state index in [0.717, 1.165) is 42.9 Å². The molecule has 3 aromatic rings. The van der Waals surface area contributed by atoms with Gasteiger partial charge in [-0.25, -0.2) is 9.67 Å². The minimum Gasteiger partial charge on any atom is -0.405 e. The first kappa shape index (κ1) is 22.5. The fourth-order valence-electron chi connectivity index (χ4n) is 3.96. The van der Waals surface area contributed by atoms with Crippen LogP contribution in [0.4, 0.5) is 11.4 Å². The second kappa shape index (κ2) is 9.42. The summed E-state index contributed by atoms with van der Waals surface area (Å²) < 4.78 is 1.70. The summed E-state index contributed by atoms with van der Waals surface area (Å²) in [6, 6.07) is 17.1. The number of allylic oxidation sites excluding steroid dienone is 1. The van der Waals surface area contributed by atoms with E-state index in [0.29, 0.717) is 11.4 Å². The van der Waals surface area contributed by atoms with Crippen molar-refractivity contribution in [3.63, 3.8) is 0 Å². The van der Waals surface area contributed by atoms with E-state index in [9.17, 15) is 9.90 Å². The number of para-hydroxylation sites is 1. The lowest BCUT2D eigenvalue weighted by Gasteiger charge is -2.37. The van der Waals surface area contributed by atoms with Crippen molar-refractivity contribution in [3.05, 3.63) is 94.6 Å². The molecule has 0 unspecified atom stereocenters. The van der Waals surface area contributed by atoms with Gasteiger partial charge in [0.15, 0.2) is 5.69 Å². The van der Waals surface area contributed by atoms with E-state index in [-0.39, 0.29) is 11.1 Å². The number of hydrogen-bond acceptors (Lipinski definition) is 6. The van der Waals surface area contributed by atoms with Gasteiger partial charge in [0.25, 0.3) is 0 Å². The smallest absolute Gasteiger partial charge is 0.209 e. The molecule has 0 spiro atoms. The van der Waals surface area contributed by atoms with Crippen LogP contribution in [-0.4, -0.2) is 39.3 Å². The van der Waals surface area contributed by atoms with Crippen LogP contribution in [0.5, 0.6) is 0 Å². The van der Waals surface area contributed by atoms with Gasteiger partial charge in [0, 0.05) is 31.0 Å². The number of rotatable bonds is 5. The normalized spacial score (nSPS) is 16.3. The summed E-state index contributed by atoms with van der Waals surface area (Å²) in [5.41, 5.74) is 9.18. The van der Waals surface area contributed by atoms with Gasteiger partial charge in [0.1, 0.15) is 0 Å². The average molecular weight is 444 g/mol. The zero-order valence-electron chi connectivity index (χ0n) is 19.0. The van der Waals surface area contributed by atoms with Crippen molar-refractivity contribution in [3.8, 4) is 5.69 Å². The molecule has 0 aliphatic carbocycles. The number of nitrogens with zero attached hydrogens (tertiary/aromatic N) is 4. The molecule has 33 heavy (non-hydrogen) atoms. The minimum absolute atomic E-state index is 0.227. The van der Waals surface area contributed by atoms with E-state index in [1.807, 2.05) is 50.2 Å². The van der Waals surface area contributed by atoms with Gasteiger partial charge < -0.3 is 15.7 Å². The van der Waals surface area contributed by atoms with Crippen LogP contribution in [0.3, 0.4) is 0 Å². The number of aliphatic imine (C=N–C) groups is 1. The third-order valence-electron chi connectivity index (χ3n) is 5.94. The molecule has 3 N–H and O–H groups in total. The average Bonchev–Trinajstić information content (AvgIpc) is 2.80. The van der Waals surface area contributed by atoms with Crippen LogP contribution in [0.15, 0.2) is 82.9 Å². The monoisotopic (exact) mass is 443 g/mol. The summed E-state index contributed by atoms with van der Waals surface area (Å²) in [7, 11) is 0. The summed E-state index contributed by atoms with van der Waals surface area (Å²) in [5, 5.41) is 14.8. The van der Waals surface area contributed by atoms with E-state index in [4.69, 9.17) is 5.73 Å². The highest BCUT2D eigenvalue weighted by atomic mass is 16.3. The Morgan fingerprint density at radius 3 is 2.55 bits per heavy atom. The van der Waals surface area contributed by atoms with Gasteiger partial charge in [0.05, 0.1) is 22.7 Å². The van der Waals surface area contributed by atoms with Crippen LogP contribution in [0.1, 0.15) is 31.0 Å². The second-order valence-corrected chi connectivity index (χ2v) is 8.62. The number of benzene rings is 2. The Morgan fingerprint density at radius 1 is 1.15 bits per heavy atom. The molecule has 1 saturated heterocycles. The first-order chi connectivity index (χ1) is 15.9. The Hall–Kier alpha value is -3.71. The Bertz CT molecular complexity index is 1240. The predicted octanol–water partition coefficient (Wildman–Crippen LogP) is 3.49. The lowest BCUT2D eigenvalue weighted by atomic mass is 9.93. The minimum atomic E-state index is -0.585. The zero-order chi connectivity index (χ0) is 23.4. The molecule has 7 nitrogen and oxygen atoms in total. The highest BCUT2D eigenvalue weighted by Gasteiger charge is 2.27. The molecular formula is C26H29N5O2. The van der Waals surface area contributed by atoms with Crippen LogP contribution >= 0.6 is 0 Å². The lowest BCUT2D eigenvalue weighted by Crippen LogP contribution is -2.42. The summed E-state index contributed by atoms with van der Waals surface area (Å²) in [5.74, 6) is 0. The second-order valence-electron chi connectivity index (χ2n) is 8.62. The molecule has 1 aliphatic heterocycles. The van der Waals surface area contributed by atoms with Crippen molar-refractivity contribution in [2.45, 2.75) is 32.3 Å². The van der Waals surface area contributed by atoms with Crippen molar-refractivity contribution < 1.29 is 5.11 Å². The highest BCUT2D eigenvalue weighted by molar-refractivity contribution is 6.08. The Morgan fingerprint density at radius 2 is 1.88 bits per heavy atom. The molecule has 2 aromatic carbocycles. The molecule has 0 bridgehead atoms. The largest absolute Gasteiger partial charge is 0.405 e. The molecule has 0 atom stereocenters. The van der Waals surface area contributed by atoms with Crippen molar-refractivity contribution in [1.82, 2.24) is 9.78 Å². The van der Waals surface area contributed by atoms with Gasteiger partial charge in [-0.1, -0.05) is 18.2 Å².